The SMILES string of the molecule is Cc1cc(OCCCn2ccnc2)cc(C)c1Br. The first-order valence-corrected chi connectivity index (χ1v) is 6.81. The molecule has 0 saturated carbocycles. The van der Waals surface area contributed by atoms with Crippen LogP contribution in [-0.4, -0.2) is 16.2 Å². The maximum absolute atomic E-state index is 5.77. The monoisotopic (exact) mass is 308 g/mol. The quantitative estimate of drug-likeness (QED) is 0.787. The minimum absolute atomic E-state index is 0.721. The van der Waals surface area contributed by atoms with Gasteiger partial charge in [0, 0.05) is 23.4 Å². The Morgan fingerprint density at radius 2 is 2.00 bits per heavy atom. The highest BCUT2D eigenvalue weighted by atomic mass is 79.9. The molecular formula is C14H17BrN2O. The fourth-order valence-electron chi connectivity index (χ4n) is 1.85. The van der Waals surface area contributed by atoms with Crippen LogP contribution in [0.2, 0.25) is 0 Å². The zero-order valence-electron chi connectivity index (χ0n) is 10.7. The Bertz CT molecular complexity index is 486. The van der Waals surface area contributed by atoms with Gasteiger partial charge in [-0.15, -0.1) is 0 Å². The van der Waals surface area contributed by atoms with Crippen LogP contribution in [0.1, 0.15) is 17.5 Å². The molecule has 0 fully saturated rings. The predicted octanol–water partition coefficient (Wildman–Crippen LogP) is 3.73. The van der Waals surface area contributed by atoms with Gasteiger partial charge >= 0.3 is 0 Å². The standard InChI is InChI=1S/C14H17BrN2O/c1-11-8-13(9-12(2)14(11)15)18-7-3-5-17-6-4-16-10-17/h4,6,8-10H,3,5,7H2,1-2H3. The third kappa shape index (κ3) is 3.35. The molecule has 4 heteroatoms. The highest BCUT2D eigenvalue weighted by Gasteiger charge is 2.03. The summed E-state index contributed by atoms with van der Waals surface area (Å²) >= 11 is 3.56. The highest BCUT2D eigenvalue weighted by Crippen LogP contribution is 2.26. The van der Waals surface area contributed by atoms with Crippen LogP contribution in [0.3, 0.4) is 0 Å². The topological polar surface area (TPSA) is 27.1 Å². The number of nitrogens with zero attached hydrogens (tertiary/aromatic N) is 2. The molecule has 18 heavy (non-hydrogen) atoms. The third-order valence-electron chi connectivity index (χ3n) is 2.80. The van der Waals surface area contributed by atoms with Crippen LogP contribution in [0, 0.1) is 13.8 Å². The van der Waals surface area contributed by atoms with Crippen molar-refractivity contribution in [2.75, 3.05) is 6.61 Å². The largest absolute Gasteiger partial charge is 0.494 e. The van der Waals surface area contributed by atoms with Crippen molar-refractivity contribution in [2.45, 2.75) is 26.8 Å². The van der Waals surface area contributed by atoms with Crippen molar-refractivity contribution in [3.63, 3.8) is 0 Å². The summed E-state index contributed by atoms with van der Waals surface area (Å²) in [5.74, 6) is 0.943. The van der Waals surface area contributed by atoms with E-state index in [0.29, 0.717) is 0 Å². The number of hydrogen-bond donors (Lipinski definition) is 0. The van der Waals surface area contributed by atoms with E-state index in [1.165, 1.54) is 11.1 Å². The Balaban J connectivity index is 1.83. The molecule has 1 aromatic heterocycles. The first-order chi connectivity index (χ1) is 8.66. The van der Waals surface area contributed by atoms with Crippen molar-refractivity contribution in [1.82, 2.24) is 9.55 Å². The van der Waals surface area contributed by atoms with Crippen molar-refractivity contribution < 1.29 is 4.74 Å². The molecule has 0 amide bonds. The summed E-state index contributed by atoms with van der Waals surface area (Å²) in [6.07, 6.45) is 6.56. The Hall–Kier alpha value is -1.29. The molecule has 3 nitrogen and oxygen atoms in total. The average Bonchev–Trinajstić information content (AvgIpc) is 2.84. The fraction of sp³-hybridized carbons (Fsp3) is 0.357. The van der Waals surface area contributed by atoms with E-state index < -0.39 is 0 Å². The molecule has 0 aliphatic carbocycles. The second-order valence-corrected chi connectivity index (χ2v) is 5.17. The number of ether oxygens (including phenoxy) is 1. The molecule has 0 N–H and O–H groups in total. The molecule has 0 bridgehead atoms. The van der Waals surface area contributed by atoms with Gasteiger partial charge in [-0.3, -0.25) is 0 Å². The van der Waals surface area contributed by atoms with Gasteiger partial charge in [0.1, 0.15) is 5.75 Å². The highest BCUT2D eigenvalue weighted by molar-refractivity contribution is 9.10. The summed E-state index contributed by atoms with van der Waals surface area (Å²) in [4.78, 5) is 4.01. The molecule has 0 unspecified atom stereocenters. The van der Waals surface area contributed by atoms with Crippen molar-refractivity contribution in [2.24, 2.45) is 0 Å². The molecule has 0 aliphatic heterocycles. The lowest BCUT2D eigenvalue weighted by molar-refractivity contribution is 0.301. The lowest BCUT2D eigenvalue weighted by Gasteiger charge is -2.10. The van der Waals surface area contributed by atoms with E-state index in [-0.39, 0.29) is 0 Å². The summed E-state index contributed by atoms with van der Waals surface area (Å²) in [5, 5.41) is 0. The zero-order chi connectivity index (χ0) is 13.0. The minimum atomic E-state index is 0.721. The van der Waals surface area contributed by atoms with Crippen LogP contribution < -0.4 is 4.74 Å². The minimum Gasteiger partial charge on any atom is -0.494 e. The number of hydrogen-bond acceptors (Lipinski definition) is 2. The summed E-state index contributed by atoms with van der Waals surface area (Å²) < 4.78 is 8.98. The molecule has 2 aromatic rings. The van der Waals surface area contributed by atoms with Gasteiger partial charge in [-0.2, -0.15) is 0 Å². The van der Waals surface area contributed by atoms with E-state index in [2.05, 4.69) is 51.5 Å². The molecule has 0 spiro atoms. The van der Waals surface area contributed by atoms with Crippen molar-refractivity contribution in [3.8, 4) is 5.75 Å². The van der Waals surface area contributed by atoms with Gasteiger partial charge < -0.3 is 9.30 Å². The van der Waals surface area contributed by atoms with Gasteiger partial charge in [0.2, 0.25) is 0 Å². The van der Waals surface area contributed by atoms with Crippen LogP contribution in [0.5, 0.6) is 5.75 Å². The van der Waals surface area contributed by atoms with E-state index in [0.717, 1.165) is 29.8 Å². The van der Waals surface area contributed by atoms with Crippen LogP contribution in [0.25, 0.3) is 0 Å². The molecular weight excluding hydrogens is 292 g/mol. The van der Waals surface area contributed by atoms with Crippen LogP contribution in [0.15, 0.2) is 35.3 Å². The van der Waals surface area contributed by atoms with Crippen molar-refractivity contribution in [1.29, 1.82) is 0 Å². The molecule has 0 aliphatic rings. The number of benzene rings is 1. The number of halogens is 1. The maximum Gasteiger partial charge on any atom is 0.119 e. The van der Waals surface area contributed by atoms with Crippen molar-refractivity contribution >= 4 is 15.9 Å². The Kier molecular flexibility index (Phi) is 4.42. The van der Waals surface area contributed by atoms with Gasteiger partial charge in [0.25, 0.3) is 0 Å². The molecule has 96 valence electrons. The average molecular weight is 309 g/mol. The summed E-state index contributed by atoms with van der Waals surface area (Å²) in [6.45, 7) is 5.82. The van der Waals surface area contributed by atoms with Crippen LogP contribution in [0.4, 0.5) is 0 Å². The Morgan fingerprint density at radius 1 is 1.28 bits per heavy atom. The molecule has 2 rings (SSSR count). The Morgan fingerprint density at radius 3 is 2.61 bits per heavy atom. The number of aryl methyl sites for hydroxylation is 3. The first-order valence-electron chi connectivity index (χ1n) is 6.02. The van der Waals surface area contributed by atoms with E-state index in [9.17, 15) is 0 Å². The fourth-order valence-corrected chi connectivity index (χ4v) is 2.07. The van der Waals surface area contributed by atoms with Gasteiger partial charge in [-0.25, -0.2) is 4.98 Å². The predicted molar refractivity (Wildman–Crippen MR) is 76.0 cm³/mol. The van der Waals surface area contributed by atoms with Gasteiger partial charge in [0.05, 0.1) is 12.9 Å². The lowest BCUT2D eigenvalue weighted by Crippen LogP contribution is -2.03. The maximum atomic E-state index is 5.77. The second kappa shape index (κ2) is 6.05. The number of aromatic nitrogens is 2. The van der Waals surface area contributed by atoms with Gasteiger partial charge in [0.15, 0.2) is 0 Å². The first kappa shape index (κ1) is 13.1. The van der Waals surface area contributed by atoms with E-state index in [1.807, 2.05) is 12.5 Å². The van der Waals surface area contributed by atoms with Crippen LogP contribution in [-0.2, 0) is 6.54 Å². The summed E-state index contributed by atoms with van der Waals surface area (Å²) in [5.41, 5.74) is 2.42. The number of imidazole rings is 1. The van der Waals surface area contributed by atoms with E-state index in [1.54, 1.807) is 6.20 Å². The number of rotatable bonds is 5. The summed E-state index contributed by atoms with van der Waals surface area (Å²) in [6, 6.07) is 4.13. The smallest absolute Gasteiger partial charge is 0.119 e. The Labute approximate surface area is 116 Å². The van der Waals surface area contributed by atoms with E-state index >= 15 is 0 Å². The van der Waals surface area contributed by atoms with E-state index in [4.69, 9.17) is 4.74 Å². The zero-order valence-corrected chi connectivity index (χ0v) is 12.3. The van der Waals surface area contributed by atoms with Crippen LogP contribution >= 0.6 is 15.9 Å². The third-order valence-corrected chi connectivity index (χ3v) is 4.05. The molecule has 0 radical (unpaired) electrons. The van der Waals surface area contributed by atoms with Gasteiger partial charge in [-0.05, 0) is 43.5 Å². The lowest BCUT2D eigenvalue weighted by atomic mass is 10.1. The molecule has 1 aromatic carbocycles. The molecule has 1 heterocycles. The second-order valence-electron chi connectivity index (χ2n) is 4.37. The summed E-state index contributed by atoms with van der Waals surface area (Å²) in [7, 11) is 0. The van der Waals surface area contributed by atoms with Gasteiger partial charge in [-0.1, -0.05) is 15.9 Å². The normalized spacial score (nSPS) is 10.6. The molecule has 0 saturated heterocycles. The molecule has 0 atom stereocenters. The van der Waals surface area contributed by atoms with Crippen molar-refractivity contribution in [3.05, 3.63) is 46.5 Å².